The number of likely N-dealkylation sites (N-methyl/N-ethyl adjacent to an activating group) is 1. The van der Waals surface area contributed by atoms with Crippen molar-refractivity contribution in [2.24, 2.45) is 0 Å². The summed E-state index contributed by atoms with van der Waals surface area (Å²) in [6, 6.07) is 3.30. The summed E-state index contributed by atoms with van der Waals surface area (Å²) in [5.41, 5.74) is 0.651. The SMILES string of the molecule is CCN(CC1CCCCO1)S(=O)(=O)c1cc(-c2ccn[nH]2)oc1C. The summed E-state index contributed by atoms with van der Waals surface area (Å²) in [4.78, 5) is 0.199. The molecule has 7 nitrogen and oxygen atoms in total. The average Bonchev–Trinajstić information content (AvgIpc) is 3.22. The maximum atomic E-state index is 13.0. The van der Waals surface area contributed by atoms with E-state index in [2.05, 4.69) is 10.2 Å². The molecule has 3 heterocycles. The number of nitrogens with zero attached hydrogens (tertiary/aromatic N) is 2. The van der Waals surface area contributed by atoms with Gasteiger partial charge in [-0.3, -0.25) is 5.10 Å². The Morgan fingerprint density at radius 2 is 2.25 bits per heavy atom. The van der Waals surface area contributed by atoms with E-state index in [1.165, 1.54) is 4.31 Å². The second-order valence-corrected chi connectivity index (χ2v) is 7.85. The van der Waals surface area contributed by atoms with E-state index in [4.69, 9.17) is 9.15 Å². The molecular formula is C16H23N3O4S. The van der Waals surface area contributed by atoms with Crippen LogP contribution < -0.4 is 0 Å². The molecule has 0 radical (unpaired) electrons. The normalized spacial score (nSPS) is 19.0. The third-order valence-corrected chi connectivity index (χ3v) is 6.34. The second-order valence-electron chi connectivity index (χ2n) is 5.95. The lowest BCUT2D eigenvalue weighted by Crippen LogP contribution is -2.39. The second kappa shape index (κ2) is 7.08. The van der Waals surface area contributed by atoms with Gasteiger partial charge in [-0.25, -0.2) is 8.42 Å². The third kappa shape index (κ3) is 3.40. The van der Waals surface area contributed by atoms with Crippen molar-refractivity contribution >= 4 is 10.0 Å². The van der Waals surface area contributed by atoms with Gasteiger partial charge < -0.3 is 9.15 Å². The number of rotatable bonds is 6. The van der Waals surface area contributed by atoms with Crippen LogP contribution >= 0.6 is 0 Å². The van der Waals surface area contributed by atoms with Crippen LogP contribution in [0.5, 0.6) is 0 Å². The monoisotopic (exact) mass is 353 g/mol. The van der Waals surface area contributed by atoms with Crippen molar-refractivity contribution in [3.05, 3.63) is 24.1 Å². The molecule has 8 heteroatoms. The molecule has 1 fully saturated rings. The minimum Gasteiger partial charge on any atom is -0.458 e. The van der Waals surface area contributed by atoms with E-state index in [0.717, 1.165) is 19.3 Å². The quantitative estimate of drug-likeness (QED) is 0.862. The lowest BCUT2D eigenvalue weighted by atomic mass is 10.1. The topological polar surface area (TPSA) is 88.4 Å². The molecule has 0 saturated carbocycles. The number of aryl methyl sites for hydroxylation is 1. The van der Waals surface area contributed by atoms with Crippen LogP contribution in [0.25, 0.3) is 11.5 Å². The largest absolute Gasteiger partial charge is 0.458 e. The van der Waals surface area contributed by atoms with Crippen molar-refractivity contribution in [1.29, 1.82) is 0 Å². The van der Waals surface area contributed by atoms with Gasteiger partial charge in [0, 0.05) is 32.0 Å². The highest BCUT2D eigenvalue weighted by atomic mass is 32.2. The van der Waals surface area contributed by atoms with Crippen molar-refractivity contribution in [1.82, 2.24) is 14.5 Å². The van der Waals surface area contributed by atoms with Crippen LogP contribution in [0.4, 0.5) is 0 Å². The first kappa shape index (κ1) is 17.2. The van der Waals surface area contributed by atoms with Gasteiger partial charge in [0.25, 0.3) is 0 Å². The van der Waals surface area contributed by atoms with Crippen LogP contribution in [-0.2, 0) is 14.8 Å². The first-order valence-corrected chi connectivity index (χ1v) is 9.68. The molecule has 0 amide bonds. The fourth-order valence-corrected chi connectivity index (χ4v) is 4.60. The van der Waals surface area contributed by atoms with Crippen molar-refractivity contribution in [2.75, 3.05) is 19.7 Å². The minimum absolute atomic E-state index is 0.0345. The maximum Gasteiger partial charge on any atom is 0.246 e. The average molecular weight is 353 g/mol. The number of sulfonamides is 1. The number of aromatic amines is 1. The van der Waals surface area contributed by atoms with E-state index in [9.17, 15) is 8.42 Å². The molecule has 0 bridgehead atoms. The molecule has 132 valence electrons. The van der Waals surface area contributed by atoms with Gasteiger partial charge in [-0.15, -0.1) is 0 Å². The minimum atomic E-state index is -3.63. The highest BCUT2D eigenvalue weighted by molar-refractivity contribution is 7.89. The summed E-state index contributed by atoms with van der Waals surface area (Å²) in [6.45, 7) is 4.98. The highest BCUT2D eigenvalue weighted by Crippen LogP contribution is 2.29. The van der Waals surface area contributed by atoms with Gasteiger partial charge in [-0.05, 0) is 32.3 Å². The van der Waals surface area contributed by atoms with Crippen LogP contribution in [0.3, 0.4) is 0 Å². The van der Waals surface area contributed by atoms with Gasteiger partial charge in [-0.1, -0.05) is 6.92 Å². The molecule has 24 heavy (non-hydrogen) atoms. The molecule has 1 aliphatic heterocycles. The van der Waals surface area contributed by atoms with Crippen LogP contribution in [0.15, 0.2) is 27.6 Å². The molecule has 1 saturated heterocycles. The Labute approximate surface area is 142 Å². The van der Waals surface area contributed by atoms with E-state index >= 15 is 0 Å². The zero-order valence-corrected chi connectivity index (χ0v) is 14.8. The Morgan fingerprint density at radius 3 is 2.88 bits per heavy atom. The summed E-state index contributed by atoms with van der Waals surface area (Å²) >= 11 is 0. The van der Waals surface area contributed by atoms with Crippen LogP contribution in [-0.4, -0.2) is 48.7 Å². The highest BCUT2D eigenvalue weighted by Gasteiger charge is 2.30. The van der Waals surface area contributed by atoms with Gasteiger partial charge >= 0.3 is 0 Å². The van der Waals surface area contributed by atoms with Gasteiger partial charge in [0.05, 0.1) is 6.10 Å². The van der Waals surface area contributed by atoms with E-state index in [1.54, 1.807) is 25.3 Å². The van der Waals surface area contributed by atoms with E-state index < -0.39 is 10.0 Å². The molecule has 1 atom stereocenters. The Balaban J connectivity index is 1.85. The zero-order valence-electron chi connectivity index (χ0n) is 14.0. The molecular weight excluding hydrogens is 330 g/mol. The molecule has 3 rings (SSSR count). The number of hydrogen-bond acceptors (Lipinski definition) is 5. The molecule has 0 spiro atoms. The molecule has 0 aliphatic carbocycles. The molecule has 2 aromatic rings. The maximum absolute atomic E-state index is 13.0. The fourth-order valence-electron chi connectivity index (χ4n) is 2.96. The molecule has 1 unspecified atom stereocenters. The standard InChI is InChI=1S/C16H23N3O4S/c1-3-19(11-13-6-4-5-9-22-13)24(20,21)16-10-15(23-12(16)2)14-7-8-17-18-14/h7-8,10,13H,3-6,9,11H2,1-2H3,(H,17,18). The van der Waals surface area contributed by atoms with Gasteiger partial charge in [0.2, 0.25) is 10.0 Å². The summed E-state index contributed by atoms with van der Waals surface area (Å²) in [7, 11) is -3.63. The van der Waals surface area contributed by atoms with Crippen LogP contribution in [0, 0.1) is 6.92 Å². The van der Waals surface area contributed by atoms with Gasteiger partial charge in [0.1, 0.15) is 16.3 Å². The summed E-state index contributed by atoms with van der Waals surface area (Å²) in [6.07, 6.45) is 4.59. The summed E-state index contributed by atoms with van der Waals surface area (Å²) < 4.78 is 38.8. The summed E-state index contributed by atoms with van der Waals surface area (Å²) in [5, 5.41) is 6.65. The van der Waals surface area contributed by atoms with Gasteiger partial charge in [-0.2, -0.15) is 9.40 Å². The third-order valence-electron chi connectivity index (χ3n) is 4.29. The van der Waals surface area contributed by atoms with Gasteiger partial charge in [0.15, 0.2) is 5.76 Å². The van der Waals surface area contributed by atoms with Crippen molar-refractivity contribution in [3.8, 4) is 11.5 Å². The van der Waals surface area contributed by atoms with Crippen molar-refractivity contribution in [2.45, 2.75) is 44.1 Å². The molecule has 2 aromatic heterocycles. The first-order chi connectivity index (χ1) is 11.5. The number of H-pyrrole nitrogens is 1. The van der Waals surface area contributed by atoms with Crippen LogP contribution in [0.1, 0.15) is 31.9 Å². The number of hydrogen-bond donors (Lipinski definition) is 1. The lowest BCUT2D eigenvalue weighted by Gasteiger charge is -2.28. The van der Waals surface area contributed by atoms with Crippen molar-refractivity contribution in [3.63, 3.8) is 0 Å². The fraction of sp³-hybridized carbons (Fsp3) is 0.562. The molecule has 1 N–H and O–H groups in total. The first-order valence-electron chi connectivity index (χ1n) is 8.24. The smallest absolute Gasteiger partial charge is 0.246 e. The Hall–Kier alpha value is -1.64. The van der Waals surface area contributed by atoms with Crippen LogP contribution in [0.2, 0.25) is 0 Å². The summed E-state index contributed by atoms with van der Waals surface area (Å²) in [5.74, 6) is 0.844. The predicted molar refractivity (Wildman–Crippen MR) is 89.1 cm³/mol. The Morgan fingerprint density at radius 1 is 1.42 bits per heavy atom. The molecule has 1 aliphatic rings. The van der Waals surface area contributed by atoms with Crippen molar-refractivity contribution < 1.29 is 17.6 Å². The molecule has 0 aromatic carbocycles. The Bertz CT molecular complexity index is 761. The van der Waals surface area contributed by atoms with E-state index in [1.807, 2.05) is 6.92 Å². The number of ether oxygens (including phenoxy) is 1. The number of nitrogens with one attached hydrogen (secondary N) is 1. The number of furan rings is 1. The predicted octanol–water partition coefficient (Wildman–Crippen LogP) is 2.56. The number of aromatic nitrogens is 2. The van der Waals surface area contributed by atoms with E-state index in [-0.39, 0.29) is 11.0 Å². The van der Waals surface area contributed by atoms with E-state index in [0.29, 0.717) is 36.9 Å². The Kier molecular flexibility index (Phi) is 5.07. The zero-order chi connectivity index (χ0) is 17.2. The lowest BCUT2D eigenvalue weighted by molar-refractivity contribution is 0.00669.